The molecule has 3 rings (SSSR count). The fourth-order valence-corrected chi connectivity index (χ4v) is 2.34. The Morgan fingerprint density at radius 1 is 1.20 bits per heavy atom. The molecule has 0 saturated heterocycles. The van der Waals surface area contributed by atoms with Crippen LogP contribution in [0.3, 0.4) is 0 Å². The van der Waals surface area contributed by atoms with Crippen LogP contribution in [0, 0.1) is 0 Å². The molecule has 5 heteroatoms. The summed E-state index contributed by atoms with van der Waals surface area (Å²) in [7, 11) is 0. The average Bonchev–Trinajstić information content (AvgIpc) is 2.92. The molecule has 2 aliphatic rings. The Bertz CT molecular complexity index is 565. The van der Waals surface area contributed by atoms with Crippen molar-refractivity contribution in [3.8, 4) is 5.75 Å². The van der Waals surface area contributed by atoms with E-state index < -0.39 is 0 Å². The van der Waals surface area contributed by atoms with Crippen molar-refractivity contribution in [2.45, 2.75) is 19.9 Å². The molecular weight excluding hydrogens is 258 g/mol. The van der Waals surface area contributed by atoms with Crippen molar-refractivity contribution in [3.63, 3.8) is 0 Å². The number of amides is 1. The van der Waals surface area contributed by atoms with Crippen molar-refractivity contribution in [2.24, 2.45) is 0 Å². The largest absolute Gasteiger partial charge is 0.493 e. The molecule has 0 fully saturated rings. The van der Waals surface area contributed by atoms with Gasteiger partial charge in [0.25, 0.3) is 5.91 Å². The van der Waals surface area contributed by atoms with Gasteiger partial charge in [-0.15, -0.1) is 0 Å². The summed E-state index contributed by atoms with van der Waals surface area (Å²) in [5, 5.41) is 2.85. The summed E-state index contributed by atoms with van der Waals surface area (Å²) in [5.74, 6) is 1.53. The minimum Gasteiger partial charge on any atom is -0.493 e. The number of fused-ring (bicyclic) bond motifs is 1. The van der Waals surface area contributed by atoms with Gasteiger partial charge in [-0.3, -0.25) is 4.79 Å². The van der Waals surface area contributed by atoms with Gasteiger partial charge in [0.05, 0.1) is 6.61 Å². The number of hydrogen-bond acceptors (Lipinski definition) is 4. The first kappa shape index (κ1) is 12.8. The van der Waals surface area contributed by atoms with Gasteiger partial charge in [0, 0.05) is 13.0 Å². The highest BCUT2D eigenvalue weighted by Gasteiger charge is 2.19. The smallest absolute Gasteiger partial charge is 0.290 e. The first-order chi connectivity index (χ1) is 9.74. The number of ether oxygens (including phenoxy) is 3. The van der Waals surface area contributed by atoms with E-state index in [-0.39, 0.29) is 11.7 Å². The maximum absolute atomic E-state index is 12.0. The second-order valence-corrected chi connectivity index (χ2v) is 4.81. The third-order valence-electron chi connectivity index (χ3n) is 3.38. The number of carbonyl (C=O) groups excluding carboxylic acids is 1. The maximum atomic E-state index is 12.0. The summed E-state index contributed by atoms with van der Waals surface area (Å²) >= 11 is 0. The number of rotatable bonds is 3. The topological polar surface area (TPSA) is 56.8 Å². The highest BCUT2D eigenvalue weighted by atomic mass is 16.6. The van der Waals surface area contributed by atoms with Gasteiger partial charge in [-0.25, -0.2) is 0 Å². The van der Waals surface area contributed by atoms with Gasteiger partial charge >= 0.3 is 0 Å². The number of nitrogens with one attached hydrogen (secondary N) is 1. The van der Waals surface area contributed by atoms with Crippen molar-refractivity contribution in [2.75, 3.05) is 19.8 Å². The molecule has 1 aromatic carbocycles. The van der Waals surface area contributed by atoms with Crippen LogP contribution in [0.2, 0.25) is 0 Å². The van der Waals surface area contributed by atoms with Crippen molar-refractivity contribution < 1.29 is 19.0 Å². The zero-order valence-corrected chi connectivity index (χ0v) is 11.4. The molecule has 0 aliphatic carbocycles. The van der Waals surface area contributed by atoms with Crippen molar-refractivity contribution >= 4 is 5.91 Å². The van der Waals surface area contributed by atoms with Gasteiger partial charge in [0.2, 0.25) is 5.76 Å². The molecule has 1 aromatic rings. The van der Waals surface area contributed by atoms with Crippen LogP contribution in [0.25, 0.3) is 0 Å². The zero-order valence-electron chi connectivity index (χ0n) is 11.4. The molecule has 106 valence electrons. The van der Waals surface area contributed by atoms with Crippen LogP contribution < -0.4 is 10.1 Å². The van der Waals surface area contributed by atoms with Crippen LogP contribution in [0.4, 0.5) is 0 Å². The zero-order chi connectivity index (χ0) is 13.9. The summed E-state index contributed by atoms with van der Waals surface area (Å²) in [5.41, 5.74) is 2.25. The van der Waals surface area contributed by atoms with Crippen molar-refractivity contribution in [1.29, 1.82) is 0 Å². The van der Waals surface area contributed by atoms with Crippen LogP contribution >= 0.6 is 0 Å². The average molecular weight is 275 g/mol. The Morgan fingerprint density at radius 2 is 2.05 bits per heavy atom. The Labute approximate surface area is 117 Å². The summed E-state index contributed by atoms with van der Waals surface area (Å²) in [4.78, 5) is 12.0. The fourth-order valence-electron chi connectivity index (χ4n) is 2.34. The molecule has 0 unspecified atom stereocenters. The lowest BCUT2D eigenvalue weighted by Crippen LogP contribution is -2.29. The van der Waals surface area contributed by atoms with E-state index in [9.17, 15) is 4.79 Å². The highest BCUT2D eigenvalue weighted by Crippen LogP contribution is 2.25. The SMILES string of the molecule is CC1=C(C(=O)NCc2ccc3c(c2)CCO3)OCCO1. The number of allylic oxidation sites excluding steroid dienone is 1. The Morgan fingerprint density at radius 3 is 2.90 bits per heavy atom. The summed E-state index contributed by atoms with van der Waals surface area (Å²) < 4.78 is 16.1. The number of carbonyl (C=O) groups is 1. The van der Waals surface area contributed by atoms with Crippen LogP contribution in [-0.4, -0.2) is 25.7 Å². The molecule has 20 heavy (non-hydrogen) atoms. The minimum absolute atomic E-state index is 0.237. The molecule has 5 nitrogen and oxygen atoms in total. The lowest BCUT2D eigenvalue weighted by molar-refractivity contribution is -0.122. The van der Waals surface area contributed by atoms with E-state index in [1.165, 1.54) is 5.56 Å². The third-order valence-corrected chi connectivity index (χ3v) is 3.38. The van der Waals surface area contributed by atoms with Gasteiger partial charge in [0.1, 0.15) is 24.7 Å². The van der Waals surface area contributed by atoms with Crippen molar-refractivity contribution in [1.82, 2.24) is 5.32 Å². The maximum Gasteiger partial charge on any atom is 0.290 e. The molecule has 0 bridgehead atoms. The highest BCUT2D eigenvalue weighted by molar-refractivity contribution is 5.91. The van der Waals surface area contributed by atoms with Crippen molar-refractivity contribution in [3.05, 3.63) is 40.8 Å². The van der Waals surface area contributed by atoms with E-state index in [4.69, 9.17) is 14.2 Å². The Balaban J connectivity index is 1.63. The van der Waals surface area contributed by atoms with E-state index in [1.807, 2.05) is 12.1 Å². The number of benzene rings is 1. The molecule has 0 spiro atoms. The van der Waals surface area contributed by atoms with Gasteiger partial charge in [-0.1, -0.05) is 12.1 Å². The van der Waals surface area contributed by atoms with Gasteiger partial charge < -0.3 is 19.5 Å². The minimum atomic E-state index is -0.237. The number of hydrogen-bond donors (Lipinski definition) is 1. The fraction of sp³-hybridized carbons (Fsp3) is 0.400. The van der Waals surface area contributed by atoms with Crippen LogP contribution in [0.1, 0.15) is 18.1 Å². The molecular formula is C15H17NO4. The van der Waals surface area contributed by atoms with Crippen LogP contribution in [0.5, 0.6) is 5.75 Å². The first-order valence-corrected chi connectivity index (χ1v) is 6.73. The summed E-state index contributed by atoms with van der Waals surface area (Å²) in [6.45, 7) is 3.85. The van der Waals surface area contributed by atoms with Gasteiger partial charge in [-0.05, 0) is 24.1 Å². The van der Waals surface area contributed by atoms with Crippen LogP contribution in [0.15, 0.2) is 29.7 Å². The predicted octanol–water partition coefficient (Wildman–Crippen LogP) is 1.52. The molecule has 1 N–H and O–H groups in total. The lowest BCUT2D eigenvalue weighted by Gasteiger charge is -2.19. The van der Waals surface area contributed by atoms with Gasteiger partial charge in [0.15, 0.2) is 0 Å². The second kappa shape index (κ2) is 5.45. The van der Waals surface area contributed by atoms with E-state index in [0.717, 1.165) is 24.3 Å². The normalized spacial score (nSPS) is 16.9. The molecule has 0 aromatic heterocycles. The van der Waals surface area contributed by atoms with E-state index >= 15 is 0 Å². The van der Waals surface area contributed by atoms with Gasteiger partial charge in [-0.2, -0.15) is 0 Å². The molecule has 0 saturated carbocycles. The van der Waals surface area contributed by atoms with E-state index in [1.54, 1.807) is 6.92 Å². The molecule has 2 heterocycles. The monoisotopic (exact) mass is 275 g/mol. The van der Waals surface area contributed by atoms with Crippen LogP contribution in [-0.2, 0) is 27.2 Å². The molecule has 2 aliphatic heterocycles. The standard InChI is InChI=1S/C15H17NO4/c1-10-14(20-7-6-18-10)15(17)16-9-11-2-3-13-12(8-11)4-5-19-13/h2-3,8H,4-7,9H2,1H3,(H,16,17). The van der Waals surface area contributed by atoms with E-state index in [0.29, 0.717) is 25.5 Å². The lowest BCUT2D eigenvalue weighted by atomic mass is 10.1. The molecule has 0 radical (unpaired) electrons. The Hall–Kier alpha value is -2.17. The first-order valence-electron chi connectivity index (χ1n) is 6.73. The predicted molar refractivity (Wildman–Crippen MR) is 72.1 cm³/mol. The van der Waals surface area contributed by atoms with E-state index in [2.05, 4.69) is 11.4 Å². The molecule has 0 atom stereocenters. The Kier molecular flexibility index (Phi) is 3.50. The summed E-state index contributed by atoms with van der Waals surface area (Å²) in [6.07, 6.45) is 0.929. The quantitative estimate of drug-likeness (QED) is 0.908. The summed E-state index contributed by atoms with van der Waals surface area (Å²) in [6, 6.07) is 5.99. The second-order valence-electron chi connectivity index (χ2n) is 4.81. The molecule has 1 amide bonds. The third kappa shape index (κ3) is 2.57.